The molecule has 0 saturated carbocycles. The Bertz CT molecular complexity index is 2900. The number of para-hydroxylation sites is 2. The molecule has 4 heteroatoms. The van der Waals surface area contributed by atoms with Crippen molar-refractivity contribution >= 4 is 65.3 Å². The lowest BCUT2D eigenvalue weighted by Crippen LogP contribution is -2.03. The first kappa shape index (κ1) is 24.1. The second-order valence-corrected chi connectivity index (χ2v) is 12.2. The van der Waals surface area contributed by atoms with E-state index in [1.54, 1.807) is 0 Å². The van der Waals surface area contributed by atoms with Crippen molar-refractivity contribution in [2.45, 2.75) is 0 Å². The first-order valence-corrected chi connectivity index (χ1v) is 15.7. The van der Waals surface area contributed by atoms with E-state index >= 15 is 0 Å². The zero-order valence-electron chi connectivity index (χ0n) is 24.6. The van der Waals surface area contributed by atoms with E-state index in [1.165, 1.54) is 54.5 Å². The molecule has 0 atom stereocenters. The van der Waals surface area contributed by atoms with E-state index in [0.717, 1.165) is 38.9 Å². The van der Waals surface area contributed by atoms with Crippen molar-refractivity contribution in [3.63, 3.8) is 0 Å². The van der Waals surface area contributed by atoms with E-state index in [0.29, 0.717) is 5.95 Å². The molecule has 0 saturated heterocycles. The third kappa shape index (κ3) is 2.98. The molecule has 0 aliphatic heterocycles. The normalized spacial score (nSPS) is 12.3. The molecule has 1 aliphatic carbocycles. The van der Waals surface area contributed by atoms with Gasteiger partial charge in [0.25, 0.3) is 0 Å². The molecule has 3 aromatic heterocycles. The molecular weight excluding hydrogens is 560 g/mol. The van der Waals surface area contributed by atoms with Crippen LogP contribution < -0.4 is 0 Å². The lowest BCUT2D eigenvalue weighted by atomic mass is 9.95. The molecule has 1 aliphatic rings. The SMILES string of the molecule is c1ccc(-c2nc(-n3c4ccc5cccc6c5c4c4c5c7c-6cccc7n(-c6ccccc6)c5ccc43)nc3ccccc23)cc1. The van der Waals surface area contributed by atoms with Crippen molar-refractivity contribution < 1.29 is 0 Å². The first-order valence-electron chi connectivity index (χ1n) is 15.7. The number of aromatic nitrogens is 4. The standard InChI is InChI=1S/C42H24N4/c1-3-11-26(12-4-1)41-30-16-7-8-19-31(30)43-42(44-41)46-34-22-21-25-13-9-17-28-29-18-10-20-32-37(29)39-33(45(32)27-14-5-2-6-15-27)23-24-35(46)40(39)38(34)36(25)28/h1-24H. The molecule has 46 heavy (non-hydrogen) atoms. The maximum Gasteiger partial charge on any atom is 0.235 e. The minimum Gasteiger partial charge on any atom is -0.309 e. The van der Waals surface area contributed by atoms with Gasteiger partial charge in [-0.25, -0.2) is 9.97 Å². The third-order valence-corrected chi connectivity index (χ3v) is 9.83. The summed E-state index contributed by atoms with van der Waals surface area (Å²) in [6.45, 7) is 0. The fourth-order valence-electron chi connectivity index (χ4n) is 8.02. The Morgan fingerprint density at radius 2 is 1.00 bits per heavy atom. The van der Waals surface area contributed by atoms with E-state index in [4.69, 9.17) is 9.97 Å². The van der Waals surface area contributed by atoms with Gasteiger partial charge in [0.1, 0.15) is 0 Å². The lowest BCUT2D eigenvalue weighted by Gasteiger charge is -2.13. The van der Waals surface area contributed by atoms with E-state index in [-0.39, 0.29) is 0 Å². The first-order chi connectivity index (χ1) is 22.8. The van der Waals surface area contributed by atoms with Crippen molar-refractivity contribution in [1.82, 2.24) is 19.1 Å². The topological polar surface area (TPSA) is 35.6 Å². The van der Waals surface area contributed by atoms with E-state index < -0.39 is 0 Å². The maximum atomic E-state index is 5.35. The van der Waals surface area contributed by atoms with Gasteiger partial charge in [0.15, 0.2) is 0 Å². The highest BCUT2D eigenvalue weighted by atomic mass is 15.2. The highest BCUT2D eigenvalue weighted by Gasteiger charge is 2.28. The molecular formula is C42H24N4. The third-order valence-electron chi connectivity index (χ3n) is 9.83. The fraction of sp³-hybridized carbons (Fsp3) is 0. The molecule has 0 bridgehead atoms. The van der Waals surface area contributed by atoms with Gasteiger partial charge in [-0.2, -0.15) is 0 Å². The smallest absolute Gasteiger partial charge is 0.235 e. The number of nitrogens with zero attached hydrogens (tertiary/aromatic N) is 4. The molecule has 4 nitrogen and oxygen atoms in total. The predicted molar refractivity (Wildman–Crippen MR) is 190 cm³/mol. The molecule has 0 radical (unpaired) electrons. The summed E-state index contributed by atoms with van der Waals surface area (Å²) < 4.78 is 4.71. The Labute approximate surface area is 263 Å². The Morgan fingerprint density at radius 3 is 1.83 bits per heavy atom. The molecule has 11 rings (SSSR count). The highest BCUT2D eigenvalue weighted by molar-refractivity contribution is 6.38. The molecule has 0 unspecified atom stereocenters. The Morgan fingerprint density at radius 1 is 0.391 bits per heavy atom. The summed E-state index contributed by atoms with van der Waals surface area (Å²) in [6.07, 6.45) is 0. The molecule has 0 N–H and O–H groups in total. The summed E-state index contributed by atoms with van der Waals surface area (Å²) in [5.41, 5.74) is 11.3. The number of hydrogen-bond donors (Lipinski definition) is 0. The number of rotatable bonds is 3. The summed E-state index contributed by atoms with van der Waals surface area (Å²) in [5.74, 6) is 0.682. The summed E-state index contributed by atoms with van der Waals surface area (Å²) in [5, 5.41) is 8.66. The van der Waals surface area contributed by atoms with Crippen LogP contribution >= 0.6 is 0 Å². The Kier molecular flexibility index (Phi) is 4.55. The minimum atomic E-state index is 0.682. The second kappa shape index (κ2) is 8.68. The Balaban J connectivity index is 1.38. The van der Waals surface area contributed by atoms with Crippen LogP contribution in [0.2, 0.25) is 0 Å². The molecule has 212 valence electrons. The van der Waals surface area contributed by atoms with Crippen LogP contribution in [0.3, 0.4) is 0 Å². The highest BCUT2D eigenvalue weighted by Crippen LogP contribution is 2.51. The van der Waals surface area contributed by atoms with Gasteiger partial charge in [0.2, 0.25) is 5.95 Å². The van der Waals surface area contributed by atoms with Crippen molar-refractivity contribution in [3.05, 3.63) is 146 Å². The second-order valence-electron chi connectivity index (χ2n) is 12.2. The average molecular weight is 585 g/mol. The predicted octanol–water partition coefficient (Wildman–Crippen LogP) is 10.6. The number of fused-ring (bicyclic) bond motifs is 2. The maximum absolute atomic E-state index is 5.35. The number of hydrogen-bond acceptors (Lipinski definition) is 2. The zero-order valence-corrected chi connectivity index (χ0v) is 24.6. The van der Waals surface area contributed by atoms with E-state index in [2.05, 4.69) is 149 Å². The van der Waals surface area contributed by atoms with E-state index in [1.807, 2.05) is 6.07 Å². The van der Waals surface area contributed by atoms with Gasteiger partial charge >= 0.3 is 0 Å². The zero-order chi connectivity index (χ0) is 29.9. The molecule has 7 aromatic carbocycles. The average Bonchev–Trinajstić information content (AvgIpc) is 3.60. The van der Waals surface area contributed by atoms with Crippen molar-refractivity contribution in [3.8, 4) is 34.0 Å². The van der Waals surface area contributed by atoms with Gasteiger partial charge in [-0.1, -0.05) is 103 Å². The van der Waals surface area contributed by atoms with Gasteiger partial charge in [-0.15, -0.1) is 0 Å². The monoisotopic (exact) mass is 584 g/mol. The Hall–Kier alpha value is -6.26. The summed E-state index contributed by atoms with van der Waals surface area (Å²) >= 11 is 0. The summed E-state index contributed by atoms with van der Waals surface area (Å²) in [7, 11) is 0. The molecule has 10 aromatic rings. The fourth-order valence-corrected chi connectivity index (χ4v) is 8.02. The molecule has 0 spiro atoms. The van der Waals surface area contributed by atoms with Gasteiger partial charge in [-0.3, -0.25) is 4.57 Å². The van der Waals surface area contributed by atoms with Crippen LogP contribution in [0.5, 0.6) is 0 Å². The van der Waals surface area contributed by atoms with Crippen molar-refractivity contribution in [1.29, 1.82) is 0 Å². The molecule has 0 amide bonds. The summed E-state index contributed by atoms with van der Waals surface area (Å²) in [6, 6.07) is 52.1. The van der Waals surface area contributed by atoms with Crippen molar-refractivity contribution in [2.75, 3.05) is 0 Å². The minimum absolute atomic E-state index is 0.682. The van der Waals surface area contributed by atoms with Crippen LogP contribution in [0.1, 0.15) is 0 Å². The van der Waals surface area contributed by atoms with Gasteiger partial charge in [0, 0.05) is 38.2 Å². The lowest BCUT2D eigenvalue weighted by molar-refractivity contribution is 1.01. The van der Waals surface area contributed by atoms with Crippen LogP contribution in [0.15, 0.2) is 146 Å². The van der Waals surface area contributed by atoms with Gasteiger partial charge in [0.05, 0.1) is 33.3 Å². The van der Waals surface area contributed by atoms with E-state index in [9.17, 15) is 0 Å². The van der Waals surface area contributed by atoms with Gasteiger partial charge < -0.3 is 4.57 Å². The van der Waals surface area contributed by atoms with Crippen molar-refractivity contribution in [2.24, 2.45) is 0 Å². The van der Waals surface area contributed by atoms with Crippen LogP contribution in [0.25, 0.3) is 99.3 Å². The summed E-state index contributed by atoms with van der Waals surface area (Å²) in [4.78, 5) is 10.6. The van der Waals surface area contributed by atoms with Crippen LogP contribution in [0.4, 0.5) is 0 Å². The number of benzene rings is 7. The quantitative estimate of drug-likeness (QED) is 0.207. The molecule has 0 fully saturated rings. The molecule has 3 heterocycles. The van der Waals surface area contributed by atoms with Crippen LogP contribution in [0, 0.1) is 0 Å². The van der Waals surface area contributed by atoms with Gasteiger partial charge in [-0.05, 0) is 64.4 Å². The largest absolute Gasteiger partial charge is 0.309 e. The van der Waals surface area contributed by atoms with Crippen LogP contribution in [-0.4, -0.2) is 19.1 Å². The van der Waals surface area contributed by atoms with Crippen LogP contribution in [-0.2, 0) is 0 Å².